The number of likely N-dealkylation sites (tertiary alicyclic amines) is 1. The van der Waals surface area contributed by atoms with Gasteiger partial charge >= 0.3 is 0 Å². The number of nitrogens with one attached hydrogen (secondary N) is 8. The van der Waals surface area contributed by atoms with Gasteiger partial charge in [0.15, 0.2) is 5.96 Å². The second-order valence-corrected chi connectivity index (χ2v) is 16.8. The molecule has 0 aromatic rings. The number of rotatable bonds is 29. The molecule has 67 heavy (non-hydrogen) atoms. The Morgan fingerprint density at radius 1 is 0.672 bits per heavy atom. The predicted octanol–water partition coefficient (Wildman–Crippen LogP) is -4.67. The zero-order valence-corrected chi connectivity index (χ0v) is 39.9. The van der Waals surface area contributed by atoms with E-state index in [0.29, 0.717) is 32.2 Å². The van der Waals surface area contributed by atoms with Crippen LogP contribution in [0.2, 0.25) is 0 Å². The van der Waals surface area contributed by atoms with Crippen LogP contribution in [0.3, 0.4) is 0 Å². The summed E-state index contributed by atoms with van der Waals surface area (Å²) in [5.74, 6) is -9.06. The van der Waals surface area contributed by atoms with Gasteiger partial charge in [-0.3, -0.25) is 52.9 Å². The van der Waals surface area contributed by atoms with E-state index >= 15 is 0 Å². The van der Waals surface area contributed by atoms with Crippen molar-refractivity contribution in [2.75, 3.05) is 26.2 Å². The van der Waals surface area contributed by atoms with Gasteiger partial charge in [-0.2, -0.15) is 0 Å². The molecule has 25 nitrogen and oxygen atoms in total. The molecule has 1 aliphatic heterocycles. The Kier molecular flexibility index (Phi) is 25.9. The van der Waals surface area contributed by atoms with Crippen molar-refractivity contribution in [2.45, 2.75) is 161 Å². The van der Waals surface area contributed by atoms with Gasteiger partial charge in [-0.1, -0.05) is 40.5 Å². The summed E-state index contributed by atoms with van der Waals surface area (Å²) >= 11 is 0. The number of nitrogens with two attached hydrogens (primary N) is 3. The van der Waals surface area contributed by atoms with Gasteiger partial charge in [-0.05, 0) is 64.7 Å². The summed E-state index contributed by atoms with van der Waals surface area (Å²) in [5.41, 5.74) is 16.2. The summed E-state index contributed by atoms with van der Waals surface area (Å²) in [6.07, 6.45) is -0.255. The third-order valence-electron chi connectivity index (χ3n) is 11.3. The van der Waals surface area contributed by atoms with Crippen LogP contribution in [0.4, 0.5) is 0 Å². The van der Waals surface area contributed by atoms with Crippen molar-refractivity contribution in [1.82, 2.24) is 47.4 Å². The van der Waals surface area contributed by atoms with E-state index in [4.69, 9.17) is 17.2 Å². The molecule has 0 unspecified atom stereocenters. The minimum atomic E-state index is -1.77. The van der Waals surface area contributed by atoms with Crippen LogP contribution in [-0.4, -0.2) is 161 Å². The molecular formula is C42H75N13O12. The highest BCUT2D eigenvalue weighted by Gasteiger charge is 2.40. The van der Waals surface area contributed by atoms with Crippen molar-refractivity contribution in [1.29, 1.82) is 0 Å². The number of hydrogen-bond donors (Lipinski definition) is 13. The van der Waals surface area contributed by atoms with Crippen molar-refractivity contribution in [3.8, 4) is 0 Å². The summed E-state index contributed by atoms with van der Waals surface area (Å²) in [5, 5.41) is 41.0. The molecule has 10 amide bonds. The number of amides is 10. The molecule has 1 rings (SSSR count). The molecule has 1 heterocycles. The minimum absolute atomic E-state index is 0.0656. The first-order valence-corrected chi connectivity index (χ1v) is 22.7. The number of aliphatic imine (C=N–C) groups is 1. The van der Waals surface area contributed by atoms with Crippen LogP contribution in [0.1, 0.15) is 107 Å². The number of aliphatic hydroxyl groups excluding tert-OH is 2. The number of primary amides is 1. The van der Waals surface area contributed by atoms with Gasteiger partial charge in [0.1, 0.15) is 48.3 Å². The molecule has 1 saturated heterocycles. The van der Waals surface area contributed by atoms with Gasteiger partial charge in [0.25, 0.3) is 0 Å². The fraction of sp³-hybridized carbons (Fsp3) is 0.738. The maximum atomic E-state index is 14.0. The molecule has 0 aromatic heterocycles. The molecule has 11 atom stereocenters. The van der Waals surface area contributed by atoms with E-state index in [0.717, 1.165) is 0 Å². The summed E-state index contributed by atoms with van der Waals surface area (Å²) in [6, 6.07) is -10.6. The fourth-order valence-corrected chi connectivity index (χ4v) is 7.06. The lowest BCUT2D eigenvalue weighted by Gasteiger charge is -2.31. The first-order valence-electron chi connectivity index (χ1n) is 22.7. The van der Waals surface area contributed by atoms with E-state index in [1.807, 2.05) is 0 Å². The minimum Gasteiger partial charge on any atom is -0.394 e. The average molecular weight is 954 g/mol. The molecular weight excluding hydrogens is 879 g/mol. The molecule has 0 radical (unpaired) electrons. The lowest BCUT2D eigenvalue weighted by atomic mass is 9.96. The Hall–Kier alpha value is -6.11. The second-order valence-electron chi connectivity index (χ2n) is 16.8. The van der Waals surface area contributed by atoms with E-state index in [2.05, 4.69) is 47.5 Å². The van der Waals surface area contributed by atoms with Crippen molar-refractivity contribution in [3.05, 3.63) is 0 Å². The summed E-state index contributed by atoms with van der Waals surface area (Å²) in [7, 11) is 0. The van der Waals surface area contributed by atoms with Gasteiger partial charge in [-0.25, -0.2) is 0 Å². The van der Waals surface area contributed by atoms with E-state index in [-0.39, 0.29) is 50.6 Å². The lowest BCUT2D eigenvalue weighted by Crippen LogP contribution is -2.63. The van der Waals surface area contributed by atoms with E-state index in [1.54, 1.807) is 34.6 Å². The highest BCUT2D eigenvalue weighted by molar-refractivity contribution is 5.98. The largest absolute Gasteiger partial charge is 0.394 e. The first kappa shape index (κ1) is 58.9. The van der Waals surface area contributed by atoms with Crippen LogP contribution >= 0.6 is 0 Å². The molecule has 25 heteroatoms. The van der Waals surface area contributed by atoms with Crippen LogP contribution < -0.4 is 59.7 Å². The van der Waals surface area contributed by atoms with Crippen LogP contribution in [0.25, 0.3) is 0 Å². The van der Waals surface area contributed by atoms with Crippen molar-refractivity contribution in [2.24, 2.45) is 34.0 Å². The van der Waals surface area contributed by atoms with Gasteiger partial charge in [-0.15, -0.1) is 0 Å². The zero-order chi connectivity index (χ0) is 51.1. The zero-order valence-electron chi connectivity index (χ0n) is 39.9. The maximum Gasteiger partial charge on any atom is 0.245 e. The number of aliphatic hydroxyl groups is 2. The predicted molar refractivity (Wildman–Crippen MR) is 244 cm³/mol. The Labute approximate surface area is 391 Å². The smallest absolute Gasteiger partial charge is 0.245 e. The number of guanidine groups is 1. The number of hydrogen-bond acceptors (Lipinski definition) is 13. The molecule has 0 saturated carbocycles. The molecule has 1 aliphatic rings. The number of nitrogens with zero attached hydrogens (tertiary/aromatic N) is 2. The Morgan fingerprint density at radius 3 is 1.67 bits per heavy atom. The Balaban J connectivity index is 3.33. The first-order chi connectivity index (χ1) is 31.4. The number of carbonyl (C=O) groups is 10. The standard InChI is InChI=1S/C42H75N13O12/c1-9-21(4)31(38(64)50-27(14-12-18-47-42(44)45)41(67)55-19-13-15-29(55)37(63)46-11-3)53-36(62)28(20-56)51-40(66)33(24(7)57)54-39(65)32(22(5)10-2)52-35(61)26(16-17-30(43)59)49-34(60)23(6)48-25(8)58/h21-24,26-29,31-33,56-57H,9-20H2,1-8H3,(H2,43,59)(H,46,63)(H,48,58)(H,49,60)(H,50,64)(H,51,66)(H,52,61)(H,53,62)(H,54,65)(H4,44,45,47)/t21-,22-,23-,24+,26-,27-,28-,29-,31-,32+,33-/m0/s1. The van der Waals surface area contributed by atoms with Crippen LogP contribution in [0.15, 0.2) is 4.99 Å². The highest BCUT2D eigenvalue weighted by Crippen LogP contribution is 2.20. The molecule has 1 fully saturated rings. The summed E-state index contributed by atoms with van der Waals surface area (Å²) in [6.45, 7) is 11.9. The normalized spacial score (nSPS) is 17.8. The van der Waals surface area contributed by atoms with Gasteiger partial charge in [0, 0.05) is 33.0 Å². The fourth-order valence-electron chi connectivity index (χ4n) is 7.06. The molecule has 0 aromatic carbocycles. The van der Waals surface area contributed by atoms with Crippen molar-refractivity contribution in [3.63, 3.8) is 0 Å². The SMILES string of the molecule is CCNC(=O)[C@@H]1CCCN1C(=O)[C@H](CCCN=C(N)N)NC(=O)[C@@H](NC(=O)[C@H](CO)NC(=O)[C@@H](NC(=O)[C@H](NC(=O)[C@H](CCC(N)=O)NC(=O)[C@H](C)NC(C)=O)[C@@H](C)CC)[C@@H](C)O)[C@@H](C)CC. The summed E-state index contributed by atoms with van der Waals surface area (Å²) in [4.78, 5) is 137. The van der Waals surface area contributed by atoms with Gasteiger partial charge in [0.2, 0.25) is 59.1 Å². The lowest BCUT2D eigenvalue weighted by molar-refractivity contribution is -0.142. The van der Waals surface area contributed by atoms with Crippen LogP contribution in [-0.2, 0) is 47.9 Å². The van der Waals surface area contributed by atoms with Crippen molar-refractivity contribution < 1.29 is 58.2 Å². The third kappa shape index (κ3) is 19.7. The molecule has 0 bridgehead atoms. The molecule has 0 spiro atoms. The second kappa shape index (κ2) is 29.5. The monoisotopic (exact) mass is 954 g/mol. The van der Waals surface area contributed by atoms with Gasteiger partial charge < -0.3 is 74.8 Å². The van der Waals surface area contributed by atoms with E-state index in [1.165, 1.54) is 25.7 Å². The molecule has 16 N–H and O–H groups in total. The average Bonchev–Trinajstić information content (AvgIpc) is 3.76. The molecule has 380 valence electrons. The van der Waals surface area contributed by atoms with Gasteiger partial charge in [0.05, 0.1) is 12.7 Å². The van der Waals surface area contributed by atoms with Crippen LogP contribution in [0, 0.1) is 11.8 Å². The number of carbonyl (C=O) groups excluding carboxylic acids is 10. The Bertz CT molecular complexity index is 1760. The van der Waals surface area contributed by atoms with E-state index in [9.17, 15) is 58.2 Å². The number of likely N-dealkylation sites (N-methyl/N-ethyl adjacent to an activating group) is 1. The Morgan fingerprint density at radius 2 is 1.18 bits per heavy atom. The van der Waals surface area contributed by atoms with Crippen molar-refractivity contribution >= 4 is 65.0 Å². The third-order valence-corrected chi connectivity index (χ3v) is 11.3. The maximum absolute atomic E-state index is 14.0. The quantitative estimate of drug-likeness (QED) is 0.0191. The highest BCUT2D eigenvalue weighted by atomic mass is 16.3. The topological polar surface area (TPSA) is 401 Å². The molecule has 0 aliphatic carbocycles. The van der Waals surface area contributed by atoms with E-state index < -0.39 is 126 Å². The van der Waals surface area contributed by atoms with Crippen LogP contribution in [0.5, 0.6) is 0 Å². The summed E-state index contributed by atoms with van der Waals surface area (Å²) < 4.78 is 0.